The number of rotatable bonds is 5. The Hall–Kier alpha value is -2.89. The lowest BCUT2D eigenvalue weighted by atomic mass is 10.1. The maximum absolute atomic E-state index is 12.8. The summed E-state index contributed by atoms with van der Waals surface area (Å²) in [6.07, 6.45) is 6.34. The summed E-state index contributed by atoms with van der Waals surface area (Å²) in [5.74, 6) is 0.593. The summed E-state index contributed by atoms with van der Waals surface area (Å²) in [6, 6.07) is 13.1. The van der Waals surface area contributed by atoms with Gasteiger partial charge in [-0.2, -0.15) is 0 Å². The van der Waals surface area contributed by atoms with E-state index in [1.807, 2.05) is 35.2 Å². The Morgan fingerprint density at radius 1 is 1.11 bits per heavy atom. The molecule has 27 heavy (non-hydrogen) atoms. The van der Waals surface area contributed by atoms with Crippen molar-refractivity contribution in [1.29, 1.82) is 0 Å². The van der Waals surface area contributed by atoms with Gasteiger partial charge >= 0.3 is 0 Å². The number of nitrogens with one attached hydrogen (secondary N) is 1. The molecule has 1 aliphatic heterocycles. The van der Waals surface area contributed by atoms with Crippen LogP contribution in [0.3, 0.4) is 0 Å². The van der Waals surface area contributed by atoms with Crippen molar-refractivity contribution in [3.05, 3.63) is 48.7 Å². The Bertz CT molecular complexity index is 818. The lowest BCUT2D eigenvalue weighted by Gasteiger charge is -2.23. The van der Waals surface area contributed by atoms with Crippen LogP contribution in [0.2, 0.25) is 0 Å². The van der Waals surface area contributed by atoms with Crippen molar-refractivity contribution in [2.75, 3.05) is 11.9 Å². The maximum atomic E-state index is 12.8. The maximum Gasteiger partial charge on any atom is 0.243 e. The van der Waals surface area contributed by atoms with Crippen LogP contribution in [0.4, 0.5) is 5.69 Å². The fourth-order valence-electron chi connectivity index (χ4n) is 3.88. The Kier molecular flexibility index (Phi) is 5.05. The number of amides is 2. The number of likely N-dealkylation sites (tertiary alicyclic amines) is 1. The molecular weight excluding hydrogens is 342 g/mol. The molecule has 4 rings (SSSR count). The molecule has 6 nitrogen and oxygen atoms in total. The first-order valence-electron chi connectivity index (χ1n) is 9.49. The summed E-state index contributed by atoms with van der Waals surface area (Å²) in [6.45, 7) is 0.504. The predicted octanol–water partition coefficient (Wildman–Crippen LogP) is 3.60. The second-order valence-corrected chi connectivity index (χ2v) is 7.15. The fourth-order valence-corrected chi connectivity index (χ4v) is 3.88. The molecule has 2 amide bonds. The van der Waals surface area contributed by atoms with Crippen LogP contribution in [0.5, 0.6) is 11.6 Å². The van der Waals surface area contributed by atoms with E-state index in [1.54, 1.807) is 18.3 Å². The van der Waals surface area contributed by atoms with Crippen molar-refractivity contribution >= 4 is 17.5 Å². The number of nitrogens with zero attached hydrogens (tertiary/aromatic N) is 2. The number of carbonyl (C=O) groups is 2. The third-order valence-electron chi connectivity index (χ3n) is 5.28. The lowest BCUT2D eigenvalue weighted by molar-refractivity contribution is -0.129. The average Bonchev–Trinajstić information content (AvgIpc) is 3.33. The van der Waals surface area contributed by atoms with E-state index in [0.29, 0.717) is 29.9 Å². The van der Waals surface area contributed by atoms with Gasteiger partial charge in [0, 0.05) is 25.2 Å². The van der Waals surface area contributed by atoms with Gasteiger partial charge in [-0.3, -0.25) is 9.59 Å². The van der Waals surface area contributed by atoms with Gasteiger partial charge in [-0.25, -0.2) is 4.98 Å². The van der Waals surface area contributed by atoms with Crippen molar-refractivity contribution in [2.24, 2.45) is 5.92 Å². The number of aromatic nitrogens is 1. The van der Waals surface area contributed by atoms with Gasteiger partial charge in [-0.1, -0.05) is 31.0 Å². The number of ether oxygens (including phenoxy) is 1. The molecule has 2 aliphatic rings. The summed E-state index contributed by atoms with van der Waals surface area (Å²) in [7, 11) is 0. The van der Waals surface area contributed by atoms with Gasteiger partial charge in [-0.05, 0) is 37.1 Å². The van der Waals surface area contributed by atoms with E-state index >= 15 is 0 Å². The number of para-hydroxylation sites is 1. The van der Waals surface area contributed by atoms with Crippen LogP contribution >= 0.6 is 0 Å². The zero-order chi connectivity index (χ0) is 18.6. The lowest BCUT2D eigenvalue weighted by Crippen LogP contribution is -2.35. The molecule has 1 atom stereocenters. The molecule has 0 radical (unpaired) electrons. The zero-order valence-electron chi connectivity index (χ0n) is 15.1. The van der Waals surface area contributed by atoms with E-state index in [9.17, 15) is 9.59 Å². The molecule has 1 aliphatic carbocycles. The highest BCUT2D eigenvalue weighted by molar-refractivity contribution is 5.98. The van der Waals surface area contributed by atoms with Crippen LogP contribution < -0.4 is 10.1 Å². The number of carbonyl (C=O) groups excluding carboxylic acids is 2. The zero-order valence-corrected chi connectivity index (χ0v) is 15.1. The van der Waals surface area contributed by atoms with E-state index in [1.165, 1.54) is 12.8 Å². The van der Waals surface area contributed by atoms with Crippen molar-refractivity contribution in [2.45, 2.75) is 38.1 Å². The highest BCUT2D eigenvalue weighted by atomic mass is 16.5. The summed E-state index contributed by atoms with van der Waals surface area (Å²) in [4.78, 5) is 31.2. The van der Waals surface area contributed by atoms with E-state index in [0.717, 1.165) is 12.8 Å². The highest BCUT2D eigenvalue weighted by Gasteiger charge is 2.38. The smallest absolute Gasteiger partial charge is 0.243 e. The van der Waals surface area contributed by atoms with Crippen molar-refractivity contribution in [1.82, 2.24) is 9.88 Å². The van der Waals surface area contributed by atoms with E-state index in [2.05, 4.69) is 10.3 Å². The molecule has 1 aromatic heterocycles. The van der Waals surface area contributed by atoms with Gasteiger partial charge < -0.3 is 15.0 Å². The molecule has 2 fully saturated rings. The van der Waals surface area contributed by atoms with Crippen molar-refractivity contribution < 1.29 is 14.3 Å². The van der Waals surface area contributed by atoms with E-state index in [-0.39, 0.29) is 24.2 Å². The largest absolute Gasteiger partial charge is 0.437 e. The fraction of sp³-hybridized carbons (Fsp3) is 0.381. The Balaban J connectivity index is 1.43. The molecule has 1 saturated carbocycles. The highest BCUT2D eigenvalue weighted by Crippen LogP contribution is 2.31. The number of benzene rings is 1. The van der Waals surface area contributed by atoms with Crippen molar-refractivity contribution in [3.8, 4) is 11.6 Å². The molecule has 6 heteroatoms. The predicted molar refractivity (Wildman–Crippen MR) is 101 cm³/mol. The van der Waals surface area contributed by atoms with Crippen LogP contribution in [0.15, 0.2) is 48.7 Å². The van der Waals surface area contributed by atoms with Gasteiger partial charge in [0.25, 0.3) is 0 Å². The SMILES string of the molecule is O=C(Nc1cccnc1Oc1ccccc1)[C@@H]1CC(=O)N(C2CCCC2)C1. The molecule has 0 unspecified atom stereocenters. The third kappa shape index (κ3) is 3.94. The number of anilines is 1. The number of hydrogen-bond acceptors (Lipinski definition) is 4. The average molecular weight is 365 g/mol. The minimum atomic E-state index is -0.331. The first-order valence-corrected chi connectivity index (χ1v) is 9.49. The molecular formula is C21H23N3O3. The second-order valence-electron chi connectivity index (χ2n) is 7.15. The van der Waals surface area contributed by atoms with Gasteiger partial charge in [0.1, 0.15) is 11.4 Å². The van der Waals surface area contributed by atoms with Crippen LogP contribution in [-0.4, -0.2) is 34.3 Å². The molecule has 2 heterocycles. The monoisotopic (exact) mass is 365 g/mol. The molecule has 1 N–H and O–H groups in total. The summed E-state index contributed by atoms with van der Waals surface area (Å²) < 4.78 is 5.79. The van der Waals surface area contributed by atoms with Gasteiger partial charge in [0.15, 0.2) is 0 Å². The van der Waals surface area contributed by atoms with Crippen LogP contribution in [0.25, 0.3) is 0 Å². The molecule has 1 saturated heterocycles. The number of hydrogen-bond donors (Lipinski definition) is 1. The Labute approximate surface area is 158 Å². The minimum absolute atomic E-state index is 0.0917. The summed E-state index contributed by atoms with van der Waals surface area (Å²) in [5.41, 5.74) is 0.512. The van der Waals surface area contributed by atoms with Crippen LogP contribution in [0.1, 0.15) is 32.1 Å². The number of pyridine rings is 1. The topological polar surface area (TPSA) is 71.5 Å². The Morgan fingerprint density at radius 2 is 1.89 bits per heavy atom. The van der Waals surface area contributed by atoms with Gasteiger partial charge in [0.05, 0.1) is 5.92 Å². The van der Waals surface area contributed by atoms with Crippen LogP contribution in [0, 0.1) is 5.92 Å². The second kappa shape index (κ2) is 7.78. The quantitative estimate of drug-likeness (QED) is 0.879. The van der Waals surface area contributed by atoms with E-state index in [4.69, 9.17) is 4.74 Å². The molecule has 0 spiro atoms. The van der Waals surface area contributed by atoms with Gasteiger partial charge in [0.2, 0.25) is 17.7 Å². The first-order chi connectivity index (χ1) is 13.2. The van der Waals surface area contributed by atoms with Crippen LogP contribution in [-0.2, 0) is 9.59 Å². The minimum Gasteiger partial charge on any atom is -0.437 e. The first kappa shape index (κ1) is 17.5. The standard InChI is InChI=1S/C21H23N3O3/c25-19-13-15(14-24(19)16-7-4-5-8-16)20(26)23-18-11-6-12-22-21(18)27-17-9-2-1-3-10-17/h1-3,6,9-12,15-16H,4-5,7-8,13-14H2,(H,23,26)/t15-/m1/s1. The molecule has 2 aromatic rings. The summed E-state index contributed by atoms with van der Waals surface area (Å²) >= 11 is 0. The van der Waals surface area contributed by atoms with E-state index < -0.39 is 0 Å². The third-order valence-corrected chi connectivity index (χ3v) is 5.28. The molecule has 140 valence electrons. The molecule has 0 bridgehead atoms. The normalized spacial score (nSPS) is 20.1. The molecule has 1 aromatic carbocycles. The van der Waals surface area contributed by atoms with Gasteiger partial charge in [-0.15, -0.1) is 0 Å². The van der Waals surface area contributed by atoms with Crippen molar-refractivity contribution in [3.63, 3.8) is 0 Å². The Morgan fingerprint density at radius 3 is 2.67 bits per heavy atom. The summed E-state index contributed by atoms with van der Waals surface area (Å²) in [5, 5.41) is 2.90.